The molecule has 0 spiro atoms. The lowest BCUT2D eigenvalue weighted by atomic mass is 10.1. The summed E-state index contributed by atoms with van der Waals surface area (Å²) in [5.41, 5.74) is 0.170. The maximum atomic E-state index is 13.5. The first-order valence-corrected chi connectivity index (χ1v) is 6.20. The van der Waals surface area contributed by atoms with Gasteiger partial charge in [-0.05, 0) is 32.4 Å². The second kappa shape index (κ2) is 6.31. The van der Waals surface area contributed by atoms with Crippen LogP contribution in [0.25, 0.3) is 0 Å². The van der Waals surface area contributed by atoms with Crippen LogP contribution in [0.15, 0.2) is 12.1 Å². The standard InChI is InChI=1S/C13H17FN2O4/c1-4-15(9(3)6-13(17)18)11-5-8(2)10(14)7-12(11)16(19)20/h5,7,9H,4,6H2,1-3H3,(H,17,18). The molecule has 1 unspecified atom stereocenters. The number of carboxylic acids is 1. The van der Waals surface area contributed by atoms with Crippen molar-refractivity contribution in [2.24, 2.45) is 0 Å². The lowest BCUT2D eigenvalue weighted by Crippen LogP contribution is -2.35. The van der Waals surface area contributed by atoms with Gasteiger partial charge in [-0.2, -0.15) is 0 Å². The van der Waals surface area contributed by atoms with Gasteiger partial charge in [0.2, 0.25) is 0 Å². The molecule has 0 radical (unpaired) electrons. The Morgan fingerprint density at radius 1 is 1.55 bits per heavy atom. The van der Waals surface area contributed by atoms with Crippen LogP contribution in [0.2, 0.25) is 0 Å². The van der Waals surface area contributed by atoms with Crippen molar-refractivity contribution in [3.63, 3.8) is 0 Å². The van der Waals surface area contributed by atoms with Gasteiger partial charge < -0.3 is 10.0 Å². The van der Waals surface area contributed by atoms with Crippen LogP contribution < -0.4 is 4.90 Å². The topological polar surface area (TPSA) is 83.7 Å². The van der Waals surface area contributed by atoms with Gasteiger partial charge >= 0.3 is 5.97 Å². The van der Waals surface area contributed by atoms with E-state index in [0.29, 0.717) is 6.54 Å². The van der Waals surface area contributed by atoms with Crippen LogP contribution in [-0.4, -0.2) is 28.6 Å². The van der Waals surface area contributed by atoms with Gasteiger partial charge in [0.25, 0.3) is 5.69 Å². The number of halogens is 1. The van der Waals surface area contributed by atoms with Gasteiger partial charge in [0.05, 0.1) is 17.4 Å². The molecule has 7 heteroatoms. The van der Waals surface area contributed by atoms with Crippen LogP contribution in [0.1, 0.15) is 25.8 Å². The summed E-state index contributed by atoms with van der Waals surface area (Å²) in [6, 6.07) is 1.83. The molecule has 20 heavy (non-hydrogen) atoms. The minimum absolute atomic E-state index is 0.151. The highest BCUT2D eigenvalue weighted by molar-refractivity contribution is 5.70. The van der Waals surface area contributed by atoms with E-state index in [1.54, 1.807) is 18.7 Å². The molecule has 0 fully saturated rings. The molecular formula is C13H17FN2O4. The number of hydrogen-bond donors (Lipinski definition) is 1. The van der Waals surface area contributed by atoms with E-state index < -0.39 is 22.8 Å². The van der Waals surface area contributed by atoms with Gasteiger partial charge in [-0.15, -0.1) is 0 Å². The van der Waals surface area contributed by atoms with Gasteiger partial charge in [0.1, 0.15) is 11.5 Å². The van der Waals surface area contributed by atoms with Crippen molar-refractivity contribution in [1.29, 1.82) is 0 Å². The highest BCUT2D eigenvalue weighted by Gasteiger charge is 2.25. The predicted molar refractivity (Wildman–Crippen MR) is 72.5 cm³/mol. The molecule has 1 N–H and O–H groups in total. The lowest BCUT2D eigenvalue weighted by Gasteiger charge is -2.29. The molecule has 6 nitrogen and oxygen atoms in total. The van der Waals surface area contributed by atoms with Crippen molar-refractivity contribution >= 4 is 17.3 Å². The number of carbonyl (C=O) groups is 1. The first-order valence-electron chi connectivity index (χ1n) is 6.20. The number of carboxylic acid groups (broad SMARTS) is 1. The third-order valence-electron chi connectivity index (χ3n) is 3.10. The highest BCUT2D eigenvalue weighted by atomic mass is 19.1. The molecule has 0 amide bonds. The SMILES string of the molecule is CCN(c1cc(C)c(F)cc1[N+](=O)[O-])C(C)CC(=O)O. The maximum Gasteiger partial charge on any atom is 0.305 e. The summed E-state index contributed by atoms with van der Waals surface area (Å²) < 4.78 is 13.5. The molecule has 0 heterocycles. The molecule has 0 aliphatic rings. The third-order valence-corrected chi connectivity index (χ3v) is 3.10. The predicted octanol–water partition coefficient (Wildman–Crippen LogP) is 2.73. The molecule has 1 aromatic carbocycles. The fourth-order valence-corrected chi connectivity index (χ4v) is 2.11. The van der Waals surface area contributed by atoms with Gasteiger partial charge in [0.15, 0.2) is 0 Å². The monoisotopic (exact) mass is 284 g/mol. The number of rotatable bonds is 6. The summed E-state index contributed by atoms with van der Waals surface area (Å²) in [6.45, 7) is 5.33. The molecule has 0 aliphatic heterocycles. The van der Waals surface area contributed by atoms with Gasteiger partial charge in [-0.25, -0.2) is 4.39 Å². The van der Waals surface area contributed by atoms with Crippen LogP contribution in [0.5, 0.6) is 0 Å². The number of anilines is 1. The minimum Gasteiger partial charge on any atom is -0.481 e. The number of aliphatic carboxylic acids is 1. The van der Waals surface area contributed by atoms with Gasteiger partial charge in [0, 0.05) is 12.6 Å². The Morgan fingerprint density at radius 3 is 2.60 bits per heavy atom. The molecular weight excluding hydrogens is 267 g/mol. The normalized spacial score (nSPS) is 12.0. The zero-order valence-corrected chi connectivity index (χ0v) is 11.6. The van der Waals surface area contributed by atoms with Crippen LogP contribution in [0.4, 0.5) is 15.8 Å². The molecule has 0 saturated heterocycles. The van der Waals surface area contributed by atoms with Crippen molar-refractivity contribution in [3.8, 4) is 0 Å². The van der Waals surface area contributed by atoms with E-state index in [-0.39, 0.29) is 23.4 Å². The summed E-state index contributed by atoms with van der Waals surface area (Å²) in [6.07, 6.45) is -0.151. The second-order valence-electron chi connectivity index (χ2n) is 4.58. The summed E-state index contributed by atoms with van der Waals surface area (Å²) in [7, 11) is 0. The Morgan fingerprint density at radius 2 is 2.15 bits per heavy atom. The van der Waals surface area contributed by atoms with E-state index in [4.69, 9.17) is 5.11 Å². The number of hydrogen-bond acceptors (Lipinski definition) is 4. The van der Waals surface area contributed by atoms with Crippen LogP contribution in [-0.2, 0) is 4.79 Å². The van der Waals surface area contributed by atoms with Crippen LogP contribution >= 0.6 is 0 Å². The zero-order valence-electron chi connectivity index (χ0n) is 11.6. The second-order valence-corrected chi connectivity index (χ2v) is 4.58. The van der Waals surface area contributed by atoms with Crippen molar-refractivity contribution in [1.82, 2.24) is 0 Å². The Hall–Kier alpha value is -2.18. The number of benzene rings is 1. The number of nitro benzene ring substituents is 1. The minimum atomic E-state index is -0.988. The summed E-state index contributed by atoms with van der Waals surface area (Å²) >= 11 is 0. The zero-order chi connectivity index (χ0) is 15.4. The first kappa shape index (κ1) is 15.9. The van der Waals surface area contributed by atoms with E-state index in [1.165, 1.54) is 13.0 Å². The molecule has 1 atom stereocenters. The van der Waals surface area contributed by atoms with Crippen molar-refractivity contribution in [3.05, 3.63) is 33.6 Å². The fourth-order valence-electron chi connectivity index (χ4n) is 2.11. The molecule has 0 aromatic heterocycles. The number of nitro groups is 1. The molecule has 110 valence electrons. The highest BCUT2D eigenvalue weighted by Crippen LogP contribution is 2.32. The Balaban J connectivity index is 3.30. The molecule has 0 saturated carbocycles. The number of aryl methyl sites for hydroxylation is 1. The van der Waals surface area contributed by atoms with Crippen molar-refractivity contribution in [2.75, 3.05) is 11.4 Å². The van der Waals surface area contributed by atoms with Gasteiger partial charge in [-0.1, -0.05) is 0 Å². The molecule has 1 rings (SSSR count). The van der Waals surface area contributed by atoms with E-state index in [2.05, 4.69) is 0 Å². The lowest BCUT2D eigenvalue weighted by molar-refractivity contribution is -0.384. The smallest absolute Gasteiger partial charge is 0.305 e. The van der Waals surface area contributed by atoms with Crippen molar-refractivity contribution < 1.29 is 19.2 Å². The van der Waals surface area contributed by atoms with Crippen molar-refractivity contribution in [2.45, 2.75) is 33.2 Å². The molecule has 1 aromatic rings. The first-order chi connectivity index (χ1) is 9.27. The summed E-state index contributed by atoms with van der Waals surface area (Å²) in [5.74, 6) is -1.64. The Kier molecular flexibility index (Phi) is 5.01. The summed E-state index contributed by atoms with van der Waals surface area (Å²) in [5, 5.41) is 19.9. The Labute approximate surface area is 116 Å². The molecule has 0 aliphatic carbocycles. The maximum absolute atomic E-state index is 13.5. The average Bonchev–Trinajstić information content (AvgIpc) is 2.32. The average molecular weight is 284 g/mol. The van der Waals surface area contributed by atoms with E-state index in [0.717, 1.165) is 6.07 Å². The third kappa shape index (κ3) is 3.43. The Bertz CT molecular complexity index is 533. The van der Waals surface area contributed by atoms with E-state index in [9.17, 15) is 19.3 Å². The van der Waals surface area contributed by atoms with E-state index >= 15 is 0 Å². The summed E-state index contributed by atoms with van der Waals surface area (Å²) in [4.78, 5) is 22.8. The largest absolute Gasteiger partial charge is 0.481 e. The van der Waals surface area contributed by atoms with Crippen LogP contribution in [0.3, 0.4) is 0 Å². The fraction of sp³-hybridized carbons (Fsp3) is 0.462. The molecule has 0 bridgehead atoms. The van der Waals surface area contributed by atoms with Crippen LogP contribution in [0, 0.1) is 22.9 Å². The quantitative estimate of drug-likeness (QED) is 0.641. The van der Waals surface area contributed by atoms with Gasteiger partial charge in [-0.3, -0.25) is 14.9 Å². The number of nitrogens with zero attached hydrogens (tertiary/aromatic N) is 2. The van der Waals surface area contributed by atoms with E-state index in [1.807, 2.05) is 0 Å².